The summed E-state index contributed by atoms with van der Waals surface area (Å²) in [6, 6.07) is 23.6. The molecule has 0 aromatic heterocycles. The van der Waals surface area contributed by atoms with Crippen LogP contribution < -0.4 is 16.4 Å². The molecule has 3 aromatic carbocycles. The van der Waals surface area contributed by atoms with Gasteiger partial charge in [-0.15, -0.1) is 0 Å². The number of nitrogens with one attached hydrogen (secondary N) is 2. The molecule has 2 aliphatic heterocycles. The Morgan fingerprint density at radius 2 is 1.59 bits per heavy atom. The number of nitrogen functional groups attached to an aromatic ring is 1. The maximum absolute atomic E-state index is 12.9. The molecule has 2 heterocycles. The topological polar surface area (TPSA) is 126 Å². The van der Waals surface area contributed by atoms with Crippen molar-refractivity contribution < 1.29 is 24.2 Å². The molecule has 3 aliphatic rings. The Morgan fingerprint density at radius 1 is 0.863 bits per heavy atom. The molecule has 5 N–H and O–H groups in total. The SMILES string of the molecule is CC1(C)CC2CC(C)(CN2C[C@@H]2C[C@H](c3ccc(CO)cc3)O[C@H](c3cccc(NC(=O)CCCCCCC(=O)Nc4ccccc4N)c3)O2)C1. The monoisotopic (exact) mass is 696 g/mol. The van der Waals surface area contributed by atoms with E-state index in [9.17, 15) is 14.7 Å². The summed E-state index contributed by atoms with van der Waals surface area (Å²) < 4.78 is 13.4. The van der Waals surface area contributed by atoms with E-state index in [2.05, 4.69) is 48.4 Å². The molecule has 0 radical (unpaired) electrons. The quantitative estimate of drug-likeness (QED) is 0.0991. The van der Waals surface area contributed by atoms with Gasteiger partial charge in [0.25, 0.3) is 0 Å². The van der Waals surface area contributed by atoms with Crippen molar-refractivity contribution in [3.63, 3.8) is 0 Å². The largest absolute Gasteiger partial charge is 0.397 e. The molecule has 2 saturated heterocycles. The Hall–Kier alpha value is -3.76. The number of hydrogen-bond donors (Lipinski definition) is 4. The smallest absolute Gasteiger partial charge is 0.224 e. The van der Waals surface area contributed by atoms with Gasteiger partial charge in [0, 0.05) is 49.6 Å². The van der Waals surface area contributed by atoms with Crippen molar-refractivity contribution >= 4 is 28.9 Å². The second-order valence-corrected chi connectivity index (χ2v) is 16.2. The summed E-state index contributed by atoms with van der Waals surface area (Å²) in [5.41, 5.74) is 11.3. The van der Waals surface area contributed by atoms with Crippen LogP contribution in [0.3, 0.4) is 0 Å². The van der Waals surface area contributed by atoms with Crippen LogP contribution in [-0.2, 0) is 25.7 Å². The number of rotatable bonds is 14. The first kappa shape index (κ1) is 37.0. The van der Waals surface area contributed by atoms with Crippen LogP contribution in [0.5, 0.6) is 0 Å². The lowest BCUT2D eigenvalue weighted by Crippen LogP contribution is -2.42. The van der Waals surface area contributed by atoms with Crippen LogP contribution in [-0.4, -0.2) is 47.1 Å². The minimum Gasteiger partial charge on any atom is -0.397 e. The molecule has 3 aromatic rings. The van der Waals surface area contributed by atoms with Crippen molar-refractivity contribution in [3.8, 4) is 0 Å². The predicted octanol–water partition coefficient (Wildman–Crippen LogP) is 8.12. The summed E-state index contributed by atoms with van der Waals surface area (Å²) in [6.07, 6.45) is 7.80. The predicted molar refractivity (Wildman–Crippen MR) is 202 cm³/mol. The summed E-state index contributed by atoms with van der Waals surface area (Å²) in [5.74, 6) is -0.0863. The Balaban J connectivity index is 1.02. The summed E-state index contributed by atoms with van der Waals surface area (Å²) in [4.78, 5) is 27.8. The number of carbonyl (C=O) groups excluding carboxylic acids is 2. The van der Waals surface area contributed by atoms with Gasteiger partial charge in [0.1, 0.15) is 0 Å². The molecule has 9 nitrogen and oxygen atoms in total. The number of fused-ring (bicyclic) bond motifs is 2. The van der Waals surface area contributed by atoms with E-state index in [1.54, 1.807) is 12.1 Å². The Kier molecular flexibility index (Phi) is 11.8. The standard InChI is InChI=1S/C42H56N4O5/c1-41(2)23-33-24-42(3,27-41)28-46(33)25-34-22-37(30-19-17-29(26-47)18-20-30)51-40(50-34)31-11-10-12-32(21-31)44-38(48)15-6-4-5-7-16-39(49)45-36-14-9-8-13-35(36)43/h8-14,17-21,33-34,37,40,47H,4-7,15-16,22-28,43H2,1-3H3,(H,44,48)(H,45,49)/t33?,34-,37+,40+,42?/m0/s1. The van der Waals surface area contributed by atoms with Gasteiger partial charge in [-0.25, -0.2) is 0 Å². The number of benzene rings is 3. The molecule has 2 bridgehead atoms. The molecular weight excluding hydrogens is 640 g/mol. The summed E-state index contributed by atoms with van der Waals surface area (Å²) in [6.45, 7) is 9.24. The first-order valence-electron chi connectivity index (χ1n) is 18.8. The lowest BCUT2D eigenvalue weighted by molar-refractivity contribution is -0.253. The van der Waals surface area contributed by atoms with Crippen molar-refractivity contribution in [2.75, 3.05) is 29.5 Å². The third kappa shape index (κ3) is 9.98. The summed E-state index contributed by atoms with van der Waals surface area (Å²) in [7, 11) is 0. The summed E-state index contributed by atoms with van der Waals surface area (Å²) in [5, 5.41) is 15.5. The van der Waals surface area contributed by atoms with E-state index in [-0.39, 0.29) is 30.6 Å². The van der Waals surface area contributed by atoms with Crippen molar-refractivity contribution in [3.05, 3.63) is 89.5 Å². The second-order valence-electron chi connectivity index (χ2n) is 16.2. The molecule has 274 valence electrons. The zero-order chi connectivity index (χ0) is 36.0. The van der Waals surface area contributed by atoms with E-state index in [1.807, 2.05) is 48.5 Å². The third-order valence-corrected chi connectivity index (χ3v) is 10.8. The van der Waals surface area contributed by atoms with Crippen molar-refractivity contribution in [1.82, 2.24) is 4.90 Å². The number of nitrogens with zero attached hydrogens (tertiary/aromatic N) is 1. The number of para-hydroxylation sites is 2. The van der Waals surface area contributed by atoms with E-state index in [0.717, 1.165) is 67.6 Å². The number of ether oxygens (including phenoxy) is 2. The van der Waals surface area contributed by atoms with Gasteiger partial charge >= 0.3 is 0 Å². The number of amides is 2. The molecule has 1 aliphatic carbocycles. The van der Waals surface area contributed by atoms with Crippen LogP contribution in [0.25, 0.3) is 0 Å². The highest BCUT2D eigenvalue weighted by molar-refractivity contribution is 5.93. The van der Waals surface area contributed by atoms with Crippen LogP contribution in [0.1, 0.15) is 114 Å². The van der Waals surface area contributed by atoms with Crippen molar-refractivity contribution in [2.24, 2.45) is 10.8 Å². The van der Waals surface area contributed by atoms with Gasteiger partial charge < -0.3 is 30.9 Å². The van der Waals surface area contributed by atoms with Gasteiger partial charge in [0.05, 0.1) is 30.2 Å². The van der Waals surface area contributed by atoms with Crippen LogP contribution in [0, 0.1) is 10.8 Å². The fourth-order valence-electron chi connectivity index (χ4n) is 8.82. The third-order valence-electron chi connectivity index (χ3n) is 10.8. The highest BCUT2D eigenvalue weighted by Gasteiger charge is 2.50. The van der Waals surface area contributed by atoms with Crippen LogP contribution in [0.2, 0.25) is 0 Å². The van der Waals surface area contributed by atoms with Gasteiger partial charge in [0.15, 0.2) is 6.29 Å². The van der Waals surface area contributed by atoms with Gasteiger partial charge in [0.2, 0.25) is 11.8 Å². The fraction of sp³-hybridized carbons (Fsp3) is 0.524. The van der Waals surface area contributed by atoms with Gasteiger partial charge in [-0.3, -0.25) is 14.5 Å². The zero-order valence-electron chi connectivity index (χ0n) is 30.5. The zero-order valence-corrected chi connectivity index (χ0v) is 30.5. The molecular formula is C42H56N4O5. The Morgan fingerprint density at radius 3 is 2.31 bits per heavy atom. The molecule has 2 unspecified atom stereocenters. The molecule has 9 heteroatoms. The average Bonchev–Trinajstić information content (AvgIpc) is 3.34. The summed E-state index contributed by atoms with van der Waals surface area (Å²) >= 11 is 0. The van der Waals surface area contributed by atoms with Crippen LogP contribution in [0.15, 0.2) is 72.8 Å². The van der Waals surface area contributed by atoms with Crippen LogP contribution >= 0.6 is 0 Å². The number of carbonyl (C=O) groups is 2. The van der Waals surface area contributed by atoms with E-state index >= 15 is 0 Å². The lowest BCUT2D eigenvalue weighted by atomic mass is 9.65. The maximum Gasteiger partial charge on any atom is 0.224 e. The normalized spacial score (nSPS) is 25.7. The number of nitrogens with two attached hydrogens (primary N) is 1. The Bertz CT molecular complexity index is 1640. The highest BCUT2D eigenvalue weighted by Crippen LogP contribution is 2.53. The number of hydrogen-bond acceptors (Lipinski definition) is 7. The molecule has 5 atom stereocenters. The number of aliphatic hydroxyl groups is 1. The van der Waals surface area contributed by atoms with E-state index in [4.69, 9.17) is 15.2 Å². The fourth-order valence-corrected chi connectivity index (χ4v) is 8.82. The molecule has 51 heavy (non-hydrogen) atoms. The average molecular weight is 697 g/mol. The molecule has 3 fully saturated rings. The number of likely N-dealkylation sites (tertiary alicyclic amines) is 1. The highest BCUT2D eigenvalue weighted by atomic mass is 16.7. The van der Waals surface area contributed by atoms with Crippen molar-refractivity contribution in [1.29, 1.82) is 0 Å². The lowest BCUT2D eigenvalue weighted by Gasteiger charge is -2.41. The van der Waals surface area contributed by atoms with Gasteiger partial charge in [-0.2, -0.15) is 0 Å². The maximum atomic E-state index is 12.9. The van der Waals surface area contributed by atoms with Gasteiger partial charge in [-0.1, -0.05) is 82.1 Å². The Labute approximate surface area is 303 Å². The molecule has 1 saturated carbocycles. The van der Waals surface area contributed by atoms with E-state index in [0.29, 0.717) is 41.1 Å². The van der Waals surface area contributed by atoms with Crippen LogP contribution in [0.4, 0.5) is 17.1 Å². The molecule has 2 amide bonds. The minimum atomic E-state index is -0.576. The van der Waals surface area contributed by atoms with Gasteiger partial charge in [-0.05, 0) is 78.3 Å². The van der Waals surface area contributed by atoms with E-state index < -0.39 is 6.29 Å². The molecule has 0 spiro atoms. The van der Waals surface area contributed by atoms with Crippen molar-refractivity contribution in [2.45, 2.75) is 116 Å². The first-order chi connectivity index (χ1) is 24.5. The number of anilines is 3. The molecule has 6 rings (SSSR count). The first-order valence-corrected chi connectivity index (χ1v) is 18.8. The van der Waals surface area contributed by atoms with E-state index in [1.165, 1.54) is 19.3 Å². The number of aliphatic hydroxyl groups excluding tert-OH is 1. The number of unbranched alkanes of at least 4 members (excludes halogenated alkanes) is 3. The minimum absolute atomic E-state index is 0.00825. The second kappa shape index (κ2) is 16.3.